The summed E-state index contributed by atoms with van der Waals surface area (Å²) in [6.45, 7) is 0.212. The van der Waals surface area contributed by atoms with Gasteiger partial charge in [0.15, 0.2) is 23.1 Å². The molecule has 1 saturated carbocycles. The lowest BCUT2D eigenvalue weighted by Gasteiger charge is -2.14. The summed E-state index contributed by atoms with van der Waals surface area (Å²) < 4.78 is 47.1. The Balaban J connectivity index is 1.29. The number of halogens is 2. The average molecular weight is 602 g/mol. The Morgan fingerprint density at radius 3 is 2.34 bits per heavy atom. The molecule has 3 aromatic carbocycles. The Labute approximate surface area is 248 Å². The van der Waals surface area contributed by atoms with Gasteiger partial charge in [0.2, 0.25) is 5.69 Å². The van der Waals surface area contributed by atoms with Crippen LogP contribution in [0, 0.1) is 17.6 Å². The van der Waals surface area contributed by atoms with Crippen LogP contribution < -0.4 is 30.8 Å². The highest BCUT2D eigenvalue weighted by molar-refractivity contribution is 6.02. The summed E-state index contributed by atoms with van der Waals surface area (Å²) in [7, 11) is 2.99. The van der Waals surface area contributed by atoms with Crippen molar-refractivity contribution in [2.24, 2.45) is 5.92 Å². The molecule has 1 fully saturated rings. The number of rotatable bonds is 9. The minimum Gasteiger partial charge on any atom is -0.493 e. The maximum Gasteiger partial charge on any atom is 0.352 e. The lowest BCUT2D eigenvalue weighted by atomic mass is 10.2. The molecule has 0 unspecified atom stereocenters. The first-order valence-electron chi connectivity index (χ1n) is 13.6. The molecule has 2 aromatic heterocycles. The number of nitrogens with zero attached hydrogens (tertiary/aromatic N) is 4. The van der Waals surface area contributed by atoms with Crippen molar-refractivity contribution in [3.63, 3.8) is 0 Å². The molecule has 0 radical (unpaired) electrons. The predicted octanol–water partition coefficient (Wildman–Crippen LogP) is 4.69. The van der Waals surface area contributed by atoms with Gasteiger partial charge in [-0.3, -0.25) is 14.6 Å². The Morgan fingerprint density at radius 2 is 1.66 bits per heavy atom. The van der Waals surface area contributed by atoms with Crippen molar-refractivity contribution in [1.29, 1.82) is 0 Å². The van der Waals surface area contributed by atoms with Crippen LogP contribution in [-0.4, -0.2) is 39.5 Å². The van der Waals surface area contributed by atoms with Gasteiger partial charge in [-0.2, -0.15) is 5.10 Å². The van der Waals surface area contributed by atoms with Crippen LogP contribution in [0.3, 0.4) is 0 Å². The monoisotopic (exact) mass is 601 g/mol. The first kappa shape index (κ1) is 28.5. The third-order valence-corrected chi connectivity index (χ3v) is 7.08. The normalized spacial score (nSPS) is 12.6. The molecule has 1 N–H and O–H groups in total. The molecular formula is C31H25F2N5O6. The lowest BCUT2D eigenvalue weighted by molar-refractivity contribution is 0.101. The molecule has 2 heterocycles. The molecule has 1 aliphatic rings. The van der Waals surface area contributed by atoms with E-state index in [0.717, 1.165) is 40.3 Å². The van der Waals surface area contributed by atoms with Gasteiger partial charge in [-0.1, -0.05) is 0 Å². The first-order chi connectivity index (χ1) is 21.2. The number of amides is 1. The molecule has 224 valence electrons. The zero-order chi connectivity index (χ0) is 31.0. The molecule has 6 rings (SSSR count). The Bertz CT molecular complexity index is 2020. The van der Waals surface area contributed by atoms with Gasteiger partial charge >= 0.3 is 5.69 Å². The van der Waals surface area contributed by atoms with E-state index in [4.69, 9.17) is 14.2 Å². The molecule has 44 heavy (non-hydrogen) atoms. The largest absolute Gasteiger partial charge is 0.493 e. The van der Waals surface area contributed by atoms with E-state index in [0.29, 0.717) is 28.2 Å². The predicted molar refractivity (Wildman–Crippen MR) is 156 cm³/mol. The molecule has 0 atom stereocenters. The quantitative estimate of drug-likeness (QED) is 0.258. The fraction of sp³-hybridized carbons (Fsp3) is 0.194. The van der Waals surface area contributed by atoms with Gasteiger partial charge < -0.3 is 19.5 Å². The molecular weight excluding hydrogens is 576 g/mol. The molecule has 0 spiro atoms. The highest BCUT2D eigenvalue weighted by atomic mass is 19.1. The number of anilines is 1. The van der Waals surface area contributed by atoms with Gasteiger partial charge in [0.25, 0.3) is 11.5 Å². The van der Waals surface area contributed by atoms with Crippen LogP contribution in [0.2, 0.25) is 0 Å². The third-order valence-electron chi connectivity index (χ3n) is 7.08. The van der Waals surface area contributed by atoms with Gasteiger partial charge in [0, 0.05) is 35.9 Å². The number of hydrogen-bond donors (Lipinski definition) is 1. The summed E-state index contributed by atoms with van der Waals surface area (Å²) in [5.41, 5.74) is -1.70. The van der Waals surface area contributed by atoms with Crippen LogP contribution in [0.15, 0.2) is 76.4 Å². The SMILES string of the molecule is COc1cc2nccc(Oc3ccc(NC(=O)c4nn(CC5CC5)c(=O)n(-c5ccc(F)cc5)c4=O)cc3F)c2cc1OC. The summed E-state index contributed by atoms with van der Waals surface area (Å²) in [5, 5.41) is 7.06. The smallest absolute Gasteiger partial charge is 0.352 e. The number of ether oxygens (including phenoxy) is 3. The zero-order valence-corrected chi connectivity index (χ0v) is 23.5. The molecule has 0 aliphatic heterocycles. The van der Waals surface area contributed by atoms with Gasteiger partial charge in [0.1, 0.15) is 11.6 Å². The number of carbonyl (C=O) groups excluding carboxylic acids is 1. The van der Waals surface area contributed by atoms with E-state index in [1.807, 2.05) is 0 Å². The van der Waals surface area contributed by atoms with Crippen LogP contribution in [0.5, 0.6) is 23.0 Å². The zero-order valence-electron chi connectivity index (χ0n) is 23.5. The van der Waals surface area contributed by atoms with Gasteiger partial charge in [-0.05, 0) is 67.3 Å². The van der Waals surface area contributed by atoms with Crippen molar-refractivity contribution < 1.29 is 27.8 Å². The maximum atomic E-state index is 15.2. The Hall–Kier alpha value is -5.59. The molecule has 1 amide bonds. The summed E-state index contributed by atoms with van der Waals surface area (Å²) in [4.78, 5) is 43.9. The minimum absolute atomic E-state index is 0.0142. The topological polar surface area (TPSA) is 127 Å². The van der Waals surface area contributed by atoms with Crippen LogP contribution in [0.25, 0.3) is 16.6 Å². The summed E-state index contributed by atoms with van der Waals surface area (Å²) in [6, 6.07) is 13.3. The number of pyridine rings is 1. The molecule has 11 nitrogen and oxygen atoms in total. The van der Waals surface area contributed by atoms with Crippen LogP contribution in [0.4, 0.5) is 14.5 Å². The van der Waals surface area contributed by atoms with E-state index in [9.17, 15) is 18.8 Å². The first-order valence-corrected chi connectivity index (χ1v) is 13.6. The third kappa shape index (κ3) is 5.59. The van der Waals surface area contributed by atoms with Crippen molar-refractivity contribution in [2.45, 2.75) is 19.4 Å². The Morgan fingerprint density at radius 1 is 0.932 bits per heavy atom. The summed E-state index contributed by atoms with van der Waals surface area (Å²) in [6.07, 6.45) is 3.27. The fourth-order valence-electron chi connectivity index (χ4n) is 4.65. The van der Waals surface area contributed by atoms with E-state index in [1.165, 1.54) is 44.7 Å². The molecule has 5 aromatic rings. The van der Waals surface area contributed by atoms with Crippen molar-refractivity contribution in [3.8, 4) is 28.7 Å². The van der Waals surface area contributed by atoms with Gasteiger partial charge in [0.05, 0.1) is 25.4 Å². The van der Waals surface area contributed by atoms with Crippen molar-refractivity contribution in [1.82, 2.24) is 19.3 Å². The van der Waals surface area contributed by atoms with Crippen LogP contribution in [-0.2, 0) is 6.54 Å². The van der Waals surface area contributed by atoms with Gasteiger partial charge in [-0.15, -0.1) is 0 Å². The van der Waals surface area contributed by atoms with Gasteiger partial charge in [-0.25, -0.2) is 22.8 Å². The number of carbonyl (C=O) groups is 1. The molecule has 0 bridgehead atoms. The maximum absolute atomic E-state index is 15.2. The van der Waals surface area contributed by atoms with Crippen molar-refractivity contribution in [2.75, 3.05) is 19.5 Å². The number of aromatic nitrogens is 4. The second-order valence-electron chi connectivity index (χ2n) is 10.1. The van der Waals surface area contributed by atoms with Crippen LogP contribution in [0.1, 0.15) is 23.3 Å². The number of fused-ring (bicyclic) bond motifs is 1. The van der Waals surface area contributed by atoms with E-state index >= 15 is 4.39 Å². The second-order valence-corrected chi connectivity index (χ2v) is 10.1. The van der Waals surface area contributed by atoms with Crippen LogP contribution >= 0.6 is 0 Å². The average Bonchev–Trinajstić information content (AvgIpc) is 3.84. The molecule has 13 heteroatoms. The van der Waals surface area contributed by atoms with E-state index in [-0.39, 0.29) is 29.6 Å². The highest BCUT2D eigenvalue weighted by Gasteiger charge is 2.26. The standard InChI is InChI=1S/C31H25F2N5O6/c1-42-26-14-21-23(15-27(26)43-2)34-12-11-24(21)44-25-10-7-19(13-22(25)33)35-29(39)28-30(40)38(20-8-5-18(32)6-9-20)31(41)37(36-28)16-17-3-4-17/h5-15,17H,3-4,16H2,1-2H3,(H,35,39). The summed E-state index contributed by atoms with van der Waals surface area (Å²) in [5.74, 6) is -1.05. The minimum atomic E-state index is -0.997. The molecule has 1 aliphatic carbocycles. The van der Waals surface area contributed by atoms with Crippen molar-refractivity contribution >= 4 is 22.5 Å². The molecule has 0 saturated heterocycles. The van der Waals surface area contributed by atoms with Crippen molar-refractivity contribution in [3.05, 3.63) is 105 Å². The number of methoxy groups -OCH3 is 2. The number of benzene rings is 3. The number of hydrogen-bond acceptors (Lipinski definition) is 8. The lowest BCUT2D eigenvalue weighted by Crippen LogP contribution is -2.44. The Kier molecular flexibility index (Phi) is 7.51. The van der Waals surface area contributed by atoms with E-state index in [1.54, 1.807) is 18.2 Å². The fourth-order valence-corrected chi connectivity index (χ4v) is 4.65. The number of nitrogens with one attached hydrogen (secondary N) is 1. The van der Waals surface area contributed by atoms with E-state index < -0.39 is 34.5 Å². The second kappa shape index (κ2) is 11.6. The van der Waals surface area contributed by atoms with E-state index in [2.05, 4.69) is 15.4 Å². The summed E-state index contributed by atoms with van der Waals surface area (Å²) >= 11 is 0. The highest BCUT2D eigenvalue weighted by Crippen LogP contribution is 2.37.